The van der Waals surface area contributed by atoms with Gasteiger partial charge in [0.05, 0.1) is 31.2 Å². The monoisotopic (exact) mass is 688 g/mol. The van der Waals surface area contributed by atoms with Gasteiger partial charge in [0.1, 0.15) is 11.6 Å². The van der Waals surface area contributed by atoms with Crippen LogP contribution in [-0.2, 0) is 11.2 Å². The number of carbonyl (C=O) groups is 1. The molecule has 0 aliphatic carbocycles. The highest BCUT2D eigenvalue weighted by molar-refractivity contribution is 9.10. The molecular weight excluding hydrogens is 640 g/mol. The molecule has 2 N–H and O–H groups in total. The number of unbranched alkanes of at least 4 members (excludes halogenated alkanes) is 4. The average Bonchev–Trinajstić information content (AvgIpc) is 3.03. The van der Waals surface area contributed by atoms with Crippen LogP contribution in [0.4, 0.5) is 5.82 Å². The number of fused-ring (bicyclic) bond motifs is 1. The Morgan fingerprint density at radius 3 is 2.33 bits per heavy atom. The zero-order valence-electron chi connectivity index (χ0n) is 28.2. The van der Waals surface area contributed by atoms with Crippen molar-refractivity contribution in [1.29, 1.82) is 0 Å². The van der Waals surface area contributed by atoms with Crippen LogP contribution in [-0.4, -0.2) is 36.1 Å². The van der Waals surface area contributed by atoms with Crippen LogP contribution >= 0.6 is 15.9 Å². The Bertz CT molecular complexity index is 1570. The second-order valence-electron chi connectivity index (χ2n) is 12.5. The molecule has 0 radical (unpaired) electrons. The molecule has 246 valence electrons. The number of hydrogen-bond acceptors (Lipinski definition) is 6. The van der Waals surface area contributed by atoms with Crippen LogP contribution < -0.4 is 20.1 Å². The number of benzene rings is 3. The third-order valence-corrected chi connectivity index (χ3v) is 8.68. The normalized spacial score (nSPS) is 12.6. The number of aryl methyl sites for hydroxylation is 1. The third kappa shape index (κ3) is 10.2. The number of aromatic nitrogens is 2. The molecule has 3 aromatic carbocycles. The number of amides is 1. The van der Waals surface area contributed by atoms with E-state index in [1.54, 1.807) is 7.11 Å². The molecule has 0 fully saturated rings. The Hall–Kier alpha value is -3.65. The summed E-state index contributed by atoms with van der Waals surface area (Å²) in [5, 5.41) is 7.55. The number of carbonyl (C=O) groups excluding carboxylic acids is 1. The SMILES string of the molecule is COc1cc2c(N[C@H](C)c3cccc(Br)c3)nc(C)nc2cc1OCCCCCCCNC(=O)C(C)c1ccc(CC(C)C)cc1. The van der Waals surface area contributed by atoms with Crippen molar-refractivity contribution in [3.05, 3.63) is 87.7 Å². The van der Waals surface area contributed by atoms with Gasteiger partial charge < -0.3 is 20.1 Å². The summed E-state index contributed by atoms with van der Waals surface area (Å²) < 4.78 is 12.9. The van der Waals surface area contributed by atoms with Crippen molar-refractivity contribution < 1.29 is 14.3 Å². The van der Waals surface area contributed by atoms with Crippen molar-refractivity contribution in [3.63, 3.8) is 0 Å². The number of methoxy groups -OCH3 is 1. The zero-order chi connectivity index (χ0) is 33.1. The Labute approximate surface area is 283 Å². The molecule has 1 amide bonds. The van der Waals surface area contributed by atoms with Gasteiger partial charge in [-0.1, -0.05) is 85.4 Å². The van der Waals surface area contributed by atoms with Crippen LogP contribution in [0.25, 0.3) is 10.9 Å². The van der Waals surface area contributed by atoms with Crippen LogP contribution in [0.15, 0.2) is 65.1 Å². The highest BCUT2D eigenvalue weighted by Gasteiger charge is 2.16. The fourth-order valence-corrected chi connectivity index (χ4v) is 5.99. The van der Waals surface area contributed by atoms with E-state index in [-0.39, 0.29) is 17.9 Å². The fourth-order valence-electron chi connectivity index (χ4n) is 5.57. The van der Waals surface area contributed by atoms with Gasteiger partial charge in [0.25, 0.3) is 0 Å². The van der Waals surface area contributed by atoms with Crippen LogP contribution in [0.2, 0.25) is 0 Å². The molecule has 0 aliphatic rings. The highest BCUT2D eigenvalue weighted by atomic mass is 79.9. The maximum absolute atomic E-state index is 12.7. The van der Waals surface area contributed by atoms with Gasteiger partial charge in [-0.15, -0.1) is 0 Å². The molecule has 4 aromatic rings. The minimum Gasteiger partial charge on any atom is -0.493 e. The Kier molecular flexibility index (Phi) is 13.3. The molecule has 0 aliphatic heterocycles. The van der Waals surface area contributed by atoms with Crippen molar-refractivity contribution in [2.45, 2.75) is 85.1 Å². The van der Waals surface area contributed by atoms with Crippen molar-refractivity contribution in [3.8, 4) is 11.5 Å². The van der Waals surface area contributed by atoms with Crippen LogP contribution in [0.3, 0.4) is 0 Å². The zero-order valence-corrected chi connectivity index (χ0v) is 29.7. The predicted molar refractivity (Wildman–Crippen MR) is 192 cm³/mol. The van der Waals surface area contributed by atoms with E-state index in [0.717, 1.165) is 70.8 Å². The van der Waals surface area contributed by atoms with E-state index in [4.69, 9.17) is 14.5 Å². The molecule has 8 heteroatoms. The number of anilines is 1. The number of nitrogens with one attached hydrogen (secondary N) is 2. The molecule has 0 saturated heterocycles. The molecule has 1 aromatic heterocycles. The second-order valence-corrected chi connectivity index (χ2v) is 13.4. The topological polar surface area (TPSA) is 85.4 Å². The maximum Gasteiger partial charge on any atom is 0.227 e. The van der Waals surface area contributed by atoms with Crippen molar-refractivity contribution >= 4 is 38.6 Å². The number of ether oxygens (including phenoxy) is 2. The highest BCUT2D eigenvalue weighted by Crippen LogP contribution is 2.35. The molecule has 0 saturated carbocycles. The largest absolute Gasteiger partial charge is 0.493 e. The lowest BCUT2D eigenvalue weighted by atomic mass is 9.96. The van der Waals surface area contributed by atoms with Gasteiger partial charge in [0.2, 0.25) is 5.91 Å². The van der Waals surface area contributed by atoms with Crippen molar-refractivity contribution in [2.24, 2.45) is 5.92 Å². The Morgan fingerprint density at radius 2 is 1.61 bits per heavy atom. The quantitative estimate of drug-likeness (QED) is 0.108. The Morgan fingerprint density at radius 1 is 0.870 bits per heavy atom. The molecule has 2 atom stereocenters. The van der Waals surface area contributed by atoms with E-state index >= 15 is 0 Å². The number of rotatable bonds is 17. The standard InChI is InChI=1S/C38H49BrN4O3/c1-25(2)21-29-15-17-30(18-16-29)26(3)38(44)40-19-10-8-7-9-11-20-46-36-24-34-33(23-35(36)45-6)37(43-28(5)42-34)41-27(4)31-13-12-14-32(39)22-31/h12-18,22-27H,7-11,19-21H2,1-6H3,(H,40,44)(H,41,42,43)/t26?,27-/m1/s1. The van der Waals surface area contributed by atoms with Crippen molar-refractivity contribution in [1.82, 2.24) is 15.3 Å². The summed E-state index contributed by atoms with van der Waals surface area (Å²) in [4.78, 5) is 22.0. The molecule has 46 heavy (non-hydrogen) atoms. The summed E-state index contributed by atoms with van der Waals surface area (Å²) in [7, 11) is 1.66. The summed E-state index contributed by atoms with van der Waals surface area (Å²) in [6.07, 6.45) is 6.21. The van der Waals surface area contributed by atoms with Gasteiger partial charge in [-0.3, -0.25) is 4.79 Å². The summed E-state index contributed by atoms with van der Waals surface area (Å²) in [6.45, 7) is 11.7. The minimum atomic E-state index is -0.143. The van der Waals surface area contributed by atoms with E-state index < -0.39 is 0 Å². The van der Waals surface area contributed by atoms with E-state index in [1.807, 2.05) is 38.1 Å². The second kappa shape index (κ2) is 17.3. The summed E-state index contributed by atoms with van der Waals surface area (Å²) in [6, 6.07) is 20.7. The van der Waals surface area contributed by atoms with E-state index in [0.29, 0.717) is 36.4 Å². The maximum atomic E-state index is 12.7. The van der Waals surface area contributed by atoms with E-state index in [1.165, 1.54) is 5.56 Å². The minimum absolute atomic E-state index is 0.0501. The number of halogens is 1. The molecule has 0 bridgehead atoms. The summed E-state index contributed by atoms with van der Waals surface area (Å²) in [5.74, 6) is 3.38. The third-order valence-electron chi connectivity index (χ3n) is 8.19. The molecule has 0 spiro atoms. The lowest BCUT2D eigenvalue weighted by Gasteiger charge is -2.18. The van der Waals surface area contributed by atoms with Gasteiger partial charge in [-0.25, -0.2) is 9.97 Å². The van der Waals surface area contributed by atoms with Gasteiger partial charge >= 0.3 is 0 Å². The van der Waals surface area contributed by atoms with Gasteiger partial charge in [0, 0.05) is 22.5 Å². The first-order valence-corrected chi connectivity index (χ1v) is 17.3. The lowest BCUT2D eigenvalue weighted by molar-refractivity contribution is -0.122. The number of nitrogens with zero attached hydrogens (tertiary/aromatic N) is 2. The molecule has 1 heterocycles. The number of hydrogen-bond donors (Lipinski definition) is 2. The predicted octanol–water partition coefficient (Wildman–Crippen LogP) is 9.33. The summed E-state index contributed by atoms with van der Waals surface area (Å²) in [5.41, 5.74) is 4.36. The van der Waals surface area contributed by atoms with Crippen LogP contribution in [0.5, 0.6) is 11.5 Å². The van der Waals surface area contributed by atoms with Gasteiger partial charge in [-0.2, -0.15) is 0 Å². The molecule has 4 rings (SSSR count). The van der Waals surface area contributed by atoms with E-state index in [2.05, 4.69) is 88.7 Å². The van der Waals surface area contributed by atoms with Gasteiger partial charge in [0.15, 0.2) is 11.5 Å². The van der Waals surface area contributed by atoms with Gasteiger partial charge in [-0.05, 0) is 80.8 Å². The molecular formula is C38H49BrN4O3. The first kappa shape index (κ1) is 35.2. The molecule has 1 unspecified atom stereocenters. The summed E-state index contributed by atoms with van der Waals surface area (Å²) >= 11 is 3.56. The first-order valence-electron chi connectivity index (χ1n) is 16.5. The lowest BCUT2D eigenvalue weighted by Crippen LogP contribution is -2.28. The van der Waals surface area contributed by atoms with Crippen molar-refractivity contribution in [2.75, 3.05) is 25.6 Å². The van der Waals surface area contributed by atoms with Crippen LogP contribution in [0, 0.1) is 12.8 Å². The van der Waals surface area contributed by atoms with E-state index in [9.17, 15) is 4.79 Å². The Balaban J connectivity index is 1.20. The van der Waals surface area contributed by atoms with Crippen LogP contribution in [0.1, 0.15) is 94.3 Å². The first-order chi connectivity index (χ1) is 22.1. The average molecular weight is 690 g/mol. The molecule has 7 nitrogen and oxygen atoms in total. The fraction of sp³-hybridized carbons (Fsp3) is 0.447. The smallest absolute Gasteiger partial charge is 0.227 e.